The van der Waals surface area contributed by atoms with E-state index in [9.17, 15) is 4.79 Å². The number of fused-ring (bicyclic) bond motifs is 1. The largest absolute Gasteiger partial charge is 0.299 e. The molecule has 0 N–H and O–H groups in total. The van der Waals surface area contributed by atoms with Gasteiger partial charge in [0.25, 0.3) is 0 Å². The Labute approximate surface area is 72.8 Å². The molecule has 1 nitrogen and oxygen atoms in total. The molecular weight excluding hydrogens is 148 g/mol. The predicted molar refractivity (Wildman–Crippen MR) is 46.5 cm³/mol. The first-order valence-corrected chi connectivity index (χ1v) is 4.83. The third-order valence-electron chi connectivity index (χ3n) is 4.33. The molecule has 0 aromatic rings. The average molecular weight is 162 g/mol. The first-order valence-electron chi connectivity index (χ1n) is 4.83. The lowest BCUT2D eigenvalue weighted by Crippen LogP contribution is -2.13. The maximum absolute atomic E-state index is 11.5. The van der Waals surface area contributed by atoms with E-state index in [-0.39, 0.29) is 0 Å². The van der Waals surface area contributed by atoms with Crippen molar-refractivity contribution in [3.8, 4) is 0 Å². The Hall–Kier alpha value is -0.590. The summed E-state index contributed by atoms with van der Waals surface area (Å²) in [5.41, 5.74) is 0.366. The van der Waals surface area contributed by atoms with Crippen molar-refractivity contribution in [3.63, 3.8) is 0 Å². The fourth-order valence-electron chi connectivity index (χ4n) is 3.94. The molecular formula is C11H14O. The minimum Gasteiger partial charge on any atom is -0.299 e. The molecule has 0 aliphatic heterocycles. The molecule has 0 spiro atoms. The number of allylic oxidation sites excluding steroid dienone is 1. The zero-order valence-corrected chi connectivity index (χ0v) is 7.42. The predicted octanol–water partition coefficient (Wildman–Crippen LogP) is 2.03. The monoisotopic (exact) mass is 162 g/mol. The van der Waals surface area contributed by atoms with Gasteiger partial charge in [-0.05, 0) is 29.6 Å². The molecule has 64 valence electrons. The van der Waals surface area contributed by atoms with Gasteiger partial charge < -0.3 is 0 Å². The van der Waals surface area contributed by atoms with Gasteiger partial charge in [0.1, 0.15) is 5.78 Å². The van der Waals surface area contributed by atoms with Crippen LogP contribution in [0.25, 0.3) is 0 Å². The molecule has 0 bridgehead atoms. The molecule has 0 aromatic heterocycles. The molecule has 0 radical (unpaired) electrons. The van der Waals surface area contributed by atoms with Gasteiger partial charge in [-0.15, -0.1) is 6.58 Å². The van der Waals surface area contributed by atoms with E-state index in [1.165, 1.54) is 6.42 Å². The topological polar surface area (TPSA) is 17.1 Å². The Morgan fingerprint density at radius 2 is 2.42 bits per heavy atom. The highest BCUT2D eigenvalue weighted by atomic mass is 16.1. The molecule has 1 heteroatoms. The molecule has 3 saturated carbocycles. The molecule has 3 fully saturated rings. The fourth-order valence-corrected chi connectivity index (χ4v) is 3.94. The summed E-state index contributed by atoms with van der Waals surface area (Å²) in [6, 6.07) is 0. The second-order valence-corrected chi connectivity index (χ2v) is 5.03. The Morgan fingerprint density at radius 1 is 1.67 bits per heavy atom. The van der Waals surface area contributed by atoms with Crippen molar-refractivity contribution in [1.82, 2.24) is 0 Å². The van der Waals surface area contributed by atoms with Gasteiger partial charge in [-0.1, -0.05) is 13.0 Å². The van der Waals surface area contributed by atoms with Crippen LogP contribution in [-0.4, -0.2) is 5.78 Å². The van der Waals surface area contributed by atoms with Gasteiger partial charge in [0, 0.05) is 12.3 Å². The lowest BCUT2D eigenvalue weighted by atomic mass is 9.84. The summed E-state index contributed by atoms with van der Waals surface area (Å²) >= 11 is 0. The minimum atomic E-state index is 0.366. The minimum absolute atomic E-state index is 0.366. The second-order valence-electron chi connectivity index (χ2n) is 5.03. The van der Waals surface area contributed by atoms with E-state index in [1.807, 2.05) is 0 Å². The summed E-state index contributed by atoms with van der Waals surface area (Å²) in [6.45, 7) is 6.15. The number of rotatable bonds is 1. The van der Waals surface area contributed by atoms with Crippen molar-refractivity contribution in [2.75, 3.05) is 0 Å². The summed E-state index contributed by atoms with van der Waals surface area (Å²) < 4.78 is 0. The van der Waals surface area contributed by atoms with E-state index >= 15 is 0 Å². The van der Waals surface area contributed by atoms with Crippen LogP contribution >= 0.6 is 0 Å². The van der Waals surface area contributed by atoms with Crippen LogP contribution in [0, 0.1) is 29.1 Å². The summed E-state index contributed by atoms with van der Waals surface area (Å²) in [7, 11) is 0. The molecule has 3 aliphatic rings. The van der Waals surface area contributed by atoms with Gasteiger partial charge in [-0.3, -0.25) is 4.79 Å². The lowest BCUT2D eigenvalue weighted by Gasteiger charge is -2.20. The molecule has 0 saturated heterocycles. The number of carbonyl (C=O) groups excluding carboxylic acids is 1. The van der Waals surface area contributed by atoms with Crippen LogP contribution in [0.5, 0.6) is 0 Å². The zero-order valence-electron chi connectivity index (χ0n) is 7.42. The molecule has 3 rings (SSSR count). The molecule has 5 atom stereocenters. The fraction of sp³-hybridized carbons (Fsp3) is 0.727. The van der Waals surface area contributed by atoms with Crippen molar-refractivity contribution < 1.29 is 4.79 Å². The smallest absolute Gasteiger partial charge is 0.137 e. The van der Waals surface area contributed by atoms with E-state index in [0.29, 0.717) is 29.0 Å². The SMILES string of the molecule is C=CC1CC2(C)CC(=O)C3C1C32. The third-order valence-corrected chi connectivity index (χ3v) is 4.33. The normalized spacial score (nSPS) is 60.2. The molecule has 0 heterocycles. The summed E-state index contributed by atoms with van der Waals surface area (Å²) in [6.07, 6.45) is 4.14. The first kappa shape index (κ1) is 6.88. The number of hydrogen-bond acceptors (Lipinski definition) is 1. The molecule has 12 heavy (non-hydrogen) atoms. The van der Waals surface area contributed by atoms with E-state index < -0.39 is 0 Å². The quantitative estimate of drug-likeness (QED) is 0.539. The number of Topliss-reactive ketones (excluding diaryl/α,β-unsaturated/α-hetero) is 1. The van der Waals surface area contributed by atoms with Gasteiger partial charge in [0.15, 0.2) is 0 Å². The molecule has 0 aromatic carbocycles. The van der Waals surface area contributed by atoms with Crippen LogP contribution in [0.15, 0.2) is 12.7 Å². The van der Waals surface area contributed by atoms with E-state index in [0.717, 1.165) is 12.3 Å². The second kappa shape index (κ2) is 1.68. The van der Waals surface area contributed by atoms with Crippen LogP contribution in [0.4, 0.5) is 0 Å². The van der Waals surface area contributed by atoms with E-state index in [2.05, 4.69) is 19.6 Å². The van der Waals surface area contributed by atoms with Crippen LogP contribution in [0.1, 0.15) is 19.8 Å². The highest BCUT2D eigenvalue weighted by Crippen LogP contribution is 2.74. The number of carbonyl (C=O) groups is 1. The van der Waals surface area contributed by atoms with Gasteiger partial charge in [-0.2, -0.15) is 0 Å². The third kappa shape index (κ3) is 0.531. The van der Waals surface area contributed by atoms with Gasteiger partial charge >= 0.3 is 0 Å². The highest BCUT2D eigenvalue weighted by Gasteiger charge is 2.73. The summed E-state index contributed by atoms with van der Waals surface area (Å²) in [5, 5.41) is 0. The zero-order chi connectivity index (χ0) is 8.51. The summed E-state index contributed by atoms with van der Waals surface area (Å²) in [5.74, 6) is 3.08. The average Bonchev–Trinajstić information content (AvgIpc) is 2.63. The maximum Gasteiger partial charge on any atom is 0.137 e. The Balaban J connectivity index is 2.02. The standard InChI is InChI=1S/C11H14O/c1-3-6-4-11(2)5-7(12)9-8(6)10(9)11/h3,6,8-10H,1,4-5H2,2H3. The van der Waals surface area contributed by atoms with Gasteiger partial charge in [0.2, 0.25) is 0 Å². The van der Waals surface area contributed by atoms with Crippen molar-refractivity contribution in [2.45, 2.75) is 19.8 Å². The number of ketones is 1. The van der Waals surface area contributed by atoms with Crippen molar-refractivity contribution >= 4 is 5.78 Å². The van der Waals surface area contributed by atoms with Crippen molar-refractivity contribution in [3.05, 3.63) is 12.7 Å². The highest BCUT2D eigenvalue weighted by molar-refractivity contribution is 5.89. The van der Waals surface area contributed by atoms with Crippen LogP contribution in [0.2, 0.25) is 0 Å². The van der Waals surface area contributed by atoms with Gasteiger partial charge in [-0.25, -0.2) is 0 Å². The lowest BCUT2D eigenvalue weighted by molar-refractivity contribution is -0.120. The van der Waals surface area contributed by atoms with Crippen LogP contribution < -0.4 is 0 Å². The van der Waals surface area contributed by atoms with E-state index in [4.69, 9.17) is 0 Å². The number of hydrogen-bond donors (Lipinski definition) is 0. The Bertz CT molecular complexity index is 279. The molecule has 0 amide bonds. The van der Waals surface area contributed by atoms with Crippen LogP contribution in [-0.2, 0) is 4.79 Å². The van der Waals surface area contributed by atoms with Crippen molar-refractivity contribution in [2.24, 2.45) is 29.1 Å². The van der Waals surface area contributed by atoms with Crippen molar-refractivity contribution in [1.29, 1.82) is 0 Å². The van der Waals surface area contributed by atoms with Gasteiger partial charge in [0.05, 0.1) is 0 Å². The molecule has 3 aliphatic carbocycles. The Morgan fingerprint density at radius 3 is 2.92 bits per heavy atom. The summed E-state index contributed by atoms with van der Waals surface area (Å²) in [4.78, 5) is 11.5. The van der Waals surface area contributed by atoms with Crippen LogP contribution in [0.3, 0.4) is 0 Å². The first-order chi connectivity index (χ1) is 5.67. The molecule has 5 unspecified atom stereocenters. The van der Waals surface area contributed by atoms with E-state index in [1.54, 1.807) is 0 Å². The Kier molecular flexibility index (Phi) is 0.964. The maximum atomic E-state index is 11.5.